The van der Waals surface area contributed by atoms with Crippen molar-refractivity contribution in [3.63, 3.8) is 0 Å². The number of anilines is 2. The Morgan fingerprint density at radius 3 is 2.59 bits per heavy atom. The van der Waals surface area contributed by atoms with E-state index >= 15 is 0 Å². The largest absolute Gasteiger partial charge is 0.397 e. The predicted octanol–water partition coefficient (Wildman–Crippen LogP) is 2.91. The van der Waals surface area contributed by atoms with Crippen LogP contribution >= 0.6 is 0 Å². The van der Waals surface area contributed by atoms with Gasteiger partial charge in [-0.25, -0.2) is 0 Å². The summed E-state index contributed by atoms with van der Waals surface area (Å²) in [7, 11) is 0. The molecule has 0 atom stereocenters. The molecule has 17 heavy (non-hydrogen) atoms. The van der Waals surface area contributed by atoms with Crippen molar-refractivity contribution in [1.82, 2.24) is 0 Å². The summed E-state index contributed by atoms with van der Waals surface area (Å²) < 4.78 is 5.37. The molecule has 3 heteroatoms. The fourth-order valence-electron chi connectivity index (χ4n) is 1.90. The Balaban J connectivity index is 2.56. The Bertz CT molecular complexity index is 315. The summed E-state index contributed by atoms with van der Waals surface area (Å²) in [5.74, 6) is 0. The maximum Gasteiger partial charge on any atom is 0.0599 e. The third-order valence-corrected chi connectivity index (χ3v) is 2.69. The van der Waals surface area contributed by atoms with Gasteiger partial charge in [0.15, 0.2) is 0 Å². The van der Waals surface area contributed by atoms with Gasteiger partial charge in [-0.15, -0.1) is 0 Å². The van der Waals surface area contributed by atoms with Crippen molar-refractivity contribution in [2.24, 2.45) is 0 Å². The molecule has 0 heterocycles. The monoisotopic (exact) mass is 236 g/mol. The zero-order valence-electron chi connectivity index (χ0n) is 11.0. The minimum Gasteiger partial charge on any atom is -0.397 e. The summed E-state index contributed by atoms with van der Waals surface area (Å²) in [6.45, 7) is 7.88. The maximum absolute atomic E-state index is 6.01. The average Bonchev–Trinajstić information content (AvgIpc) is 2.34. The molecule has 3 nitrogen and oxygen atoms in total. The predicted molar refractivity (Wildman–Crippen MR) is 74.5 cm³/mol. The lowest BCUT2D eigenvalue weighted by Gasteiger charge is -2.25. The summed E-state index contributed by atoms with van der Waals surface area (Å²) in [6, 6.07) is 8.06. The molecule has 1 aromatic rings. The zero-order valence-corrected chi connectivity index (χ0v) is 11.0. The Labute approximate surface area is 105 Å². The smallest absolute Gasteiger partial charge is 0.0599 e. The first kappa shape index (κ1) is 13.8. The van der Waals surface area contributed by atoms with E-state index in [1.807, 2.05) is 25.1 Å². The lowest BCUT2D eigenvalue weighted by Crippen LogP contribution is -2.27. The number of hydrogen-bond acceptors (Lipinski definition) is 3. The number of ether oxygens (including phenoxy) is 1. The van der Waals surface area contributed by atoms with Gasteiger partial charge in [-0.3, -0.25) is 0 Å². The number of para-hydroxylation sites is 2. The highest BCUT2D eigenvalue weighted by Gasteiger charge is 2.07. The quantitative estimate of drug-likeness (QED) is 0.557. The van der Waals surface area contributed by atoms with Crippen molar-refractivity contribution in [2.75, 3.05) is 36.9 Å². The molecule has 0 aliphatic rings. The molecule has 1 rings (SSSR count). The second-order valence-electron chi connectivity index (χ2n) is 4.10. The van der Waals surface area contributed by atoms with Crippen molar-refractivity contribution >= 4 is 11.4 Å². The fraction of sp³-hybridized carbons (Fsp3) is 0.571. The van der Waals surface area contributed by atoms with Gasteiger partial charge < -0.3 is 15.4 Å². The van der Waals surface area contributed by atoms with Crippen LogP contribution in [0.2, 0.25) is 0 Å². The Kier molecular flexibility index (Phi) is 6.48. The highest BCUT2D eigenvalue weighted by atomic mass is 16.5. The van der Waals surface area contributed by atoms with Gasteiger partial charge in [-0.05, 0) is 31.9 Å². The van der Waals surface area contributed by atoms with Gasteiger partial charge >= 0.3 is 0 Å². The normalized spacial score (nSPS) is 10.5. The maximum atomic E-state index is 6.01. The Hall–Kier alpha value is -1.22. The Morgan fingerprint density at radius 1 is 1.18 bits per heavy atom. The molecule has 0 spiro atoms. The van der Waals surface area contributed by atoms with Crippen molar-refractivity contribution in [3.05, 3.63) is 24.3 Å². The summed E-state index contributed by atoms with van der Waals surface area (Å²) in [5, 5.41) is 0. The van der Waals surface area contributed by atoms with Crippen LogP contribution in [-0.2, 0) is 4.74 Å². The van der Waals surface area contributed by atoms with Crippen LogP contribution in [0.4, 0.5) is 11.4 Å². The highest BCUT2D eigenvalue weighted by molar-refractivity contribution is 5.67. The molecule has 2 N–H and O–H groups in total. The molecule has 0 saturated heterocycles. The highest BCUT2D eigenvalue weighted by Crippen LogP contribution is 2.22. The molecular weight excluding hydrogens is 212 g/mol. The van der Waals surface area contributed by atoms with Crippen molar-refractivity contribution in [3.8, 4) is 0 Å². The molecule has 0 aliphatic carbocycles. The van der Waals surface area contributed by atoms with Crippen LogP contribution in [0.1, 0.15) is 26.7 Å². The number of nitrogen functional groups attached to an aromatic ring is 1. The summed E-state index contributed by atoms with van der Waals surface area (Å²) in [4.78, 5) is 2.34. The van der Waals surface area contributed by atoms with Crippen LogP contribution in [0.5, 0.6) is 0 Å². The van der Waals surface area contributed by atoms with E-state index in [0.717, 1.165) is 50.5 Å². The van der Waals surface area contributed by atoms with E-state index in [1.165, 1.54) is 0 Å². The molecule has 0 aliphatic heterocycles. The van der Waals surface area contributed by atoms with Crippen LogP contribution in [0.3, 0.4) is 0 Å². The second-order valence-corrected chi connectivity index (χ2v) is 4.10. The van der Waals surface area contributed by atoms with Gasteiger partial charge in [0.2, 0.25) is 0 Å². The van der Waals surface area contributed by atoms with E-state index in [-0.39, 0.29) is 0 Å². The van der Waals surface area contributed by atoms with E-state index in [1.54, 1.807) is 0 Å². The van der Waals surface area contributed by atoms with Gasteiger partial charge in [-0.1, -0.05) is 19.1 Å². The first-order valence-electron chi connectivity index (χ1n) is 6.46. The van der Waals surface area contributed by atoms with Crippen molar-refractivity contribution in [1.29, 1.82) is 0 Å². The standard InChI is InChI=1S/C14H24N2O/c1-3-10-16(11-7-12-17-4-2)14-9-6-5-8-13(14)15/h5-6,8-9H,3-4,7,10-12,15H2,1-2H3. The first-order chi connectivity index (χ1) is 8.29. The van der Waals surface area contributed by atoms with E-state index in [2.05, 4.69) is 17.9 Å². The third-order valence-electron chi connectivity index (χ3n) is 2.69. The topological polar surface area (TPSA) is 38.5 Å². The minimum absolute atomic E-state index is 0.793. The van der Waals surface area contributed by atoms with Crippen LogP contribution in [0.25, 0.3) is 0 Å². The zero-order chi connectivity index (χ0) is 12.5. The van der Waals surface area contributed by atoms with Gasteiger partial charge in [0.1, 0.15) is 0 Å². The molecule has 0 saturated carbocycles. The SMILES string of the molecule is CCCN(CCCOCC)c1ccccc1N. The molecule has 0 bridgehead atoms. The number of nitrogens with two attached hydrogens (primary N) is 1. The van der Waals surface area contributed by atoms with Gasteiger partial charge in [0.05, 0.1) is 11.4 Å². The first-order valence-corrected chi connectivity index (χ1v) is 6.46. The lowest BCUT2D eigenvalue weighted by molar-refractivity contribution is 0.146. The summed E-state index contributed by atoms with van der Waals surface area (Å²) in [6.07, 6.45) is 2.17. The average molecular weight is 236 g/mol. The molecule has 1 aromatic carbocycles. The second kappa shape index (κ2) is 7.96. The molecule has 0 radical (unpaired) electrons. The van der Waals surface area contributed by atoms with Crippen LogP contribution < -0.4 is 10.6 Å². The van der Waals surface area contributed by atoms with Crippen molar-refractivity contribution in [2.45, 2.75) is 26.7 Å². The minimum atomic E-state index is 0.793. The van der Waals surface area contributed by atoms with E-state index in [0.29, 0.717) is 0 Å². The van der Waals surface area contributed by atoms with E-state index in [4.69, 9.17) is 10.5 Å². The molecule has 0 amide bonds. The van der Waals surface area contributed by atoms with Gasteiger partial charge in [-0.2, -0.15) is 0 Å². The third kappa shape index (κ3) is 4.65. The summed E-state index contributed by atoms with van der Waals surface area (Å²) in [5.41, 5.74) is 8.01. The van der Waals surface area contributed by atoms with E-state index < -0.39 is 0 Å². The van der Waals surface area contributed by atoms with Crippen LogP contribution in [0, 0.1) is 0 Å². The lowest BCUT2D eigenvalue weighted by atomic mass is 10.2. The molecule has 0 aromatic heterocycles. The molecule has 0 fully saturated rings. The van der Waals surface area contributed by atoms with Crippen LogP contribution in [0.15, 0.2) is 24.3 Å². The van der Waals surface area contributed by atoms with Gasteiger partial charge in [0.25, 0.3) is 0 Å². The fourth-order valence-corrected chi connectivity index (χ4v) is 1.90. The number of hydrogen-bond donors (Lipinski definition) is 1. The number of benzene rings is 1. The molecule has 0 unspecified atom stereocenters. The van der Waals surface area contributed by atoms with E-state index in [9.17, 15) is 0 Å². The summed E-state index contributed by atoms with van der Waals surface area (Å²) >= 11 is 0. The number of rotatable bonds is 8. The van der Waals surface area contributed by atoms with Gasteiger partial charge in [0, 0.05) is 26.3 Å². The molecule has 96 valence electrons. The number of nitrogens with zero attached hydrogens (tertiary/aromatic N) is 1. The van der Waals surface area contributed by atoms with Crippen LogP contribution in [-0.4, -0.2) is 26.3 Å². The Morgan fingerprint density at radius 2 is 1.94 bits per heavy atom. The molecular formula is C14H24N2O. The van der Waals surface area contributed by atoms with Crippen molar-refractivity contribution < 1.29 is 4.74 Å².